The number of carbonyl (C=O) groups is 2. The Morgan fingerprint density at radius 2 is 1.64 bits per heavy atom. The summed E-state index contributed by atoms with van der Waals surface area (Å²) in [7, 11) is 0. The third kappa shape index (κ3) is 5.87. The van der Waals surface area contributed by atoms with E-state index in [0.29, 0.717) is 36.3 Å². The van der Waals surface area contributed by atoms with Gasteiger partial charge < -0.3 is 15.0 Å². The first-order valence-electron chi connectivity index (χ1n) is 11.6. The molecule has 0 bridgehead atoms. The van der Waals surface area contributed by atoms with E-state index in [0.717, 1.165) is 23.3 Å². The smallest absolute Gasteiger partial charge is 0.416 e. The van der Waals surface area contributed by atoms with Crippen LogP contribution in [0.3, 0.4) is 0 Å². The highest BCUT2D eigenvalue weighted by Gasteiger charge is 2.32. The number of nitrogens with one attached hydrogen (secondary N) is 1. The zero-order valence-corrected chi connectivity index (χ0v) is 20.3. The maximum atomic E-state index is 13.4. The maximum absolute atomic E-state index is 13.4. The van der Waals surface area contributed by atoms with Gasteiger partial charge in [0, 0.05) is 24.3 Å². The summed E-state index contributed by atoms with van der Waals surface area (Å²) in [5.74, 6) is -0.633. The standard InChI is InChI=1S/C28H27F3N2O3/c1-27(2,3)36-26(35)33-14-13-19-15-22(11-9-20(19)17-33)32-25(34)24-16-21(28(29,30)31)10-12-23(24)18-7-5-4-6-8-18/h4-12,15-16H,13-14,17H2,1-3H3,(H,32,34). The van der Waals surface area contributed by atoms with Gasteiger partial charge in [-0.1, -0.05) is 42.5 Å². The molecule has 5 nitrogen and oxygen atoms in total. The summed E-state index contributed by atoms with van der Waals surface area (Å²) in [5.41, 5.74) is 1.86. The Labute approximate surface area is 207 Å². The summed E-state index contributed by atoms with van der Waals surface area (Å²) in [6, 6.07) is 17.3. The second kappa shape index (κ2) is 9.68. The first-order chi connectivity index (χ1) is 16.9. The predicted molar refractivity (Wildman–Crippen MR) is 132 cm³/mol. The van der Waals surface area contributed by atoms with Crippen LogP contribution in [0.4, 0.5) is 23.7 Å². The van der Waals surface area contributed by atoms with Gasteiger partial charge >= 0.3 is 12.3 Å². The molecule has 4 rings (SSSR count). The van der Waals surface area contributed by atoms with Gasteiger partial charge in [-0.15, -0.1) is 0 Å². The summed E-state index contributed by atoms with van der Waals surface area (Å²) < 4.78 is 45.6. The third-order valence-corrected chi connectivity index (χ3v) is 5.80. The first kappa shape index (κ1) is 25.3. The van der Waals surface area contributed by atoms with Gasteiger partial charge in [0.05, 0.1) is 5.56 Å². The van der Waals surface area contributed by atoms with Crippen LogP contribution >= 0.6 is 0 Å². The summed E-state index contributed by atoms with van der Waals surface area (Å²) in [4.78, 5) is 27.2. The van der Waals surface area contributed by atoms with Crippen LogP contribution in [0.1, 0.15) is 47.8 Å². The van der Waals surface area contributed by atoms with Crippen LogP contribution in [-0.2, 0) is 23.9 Å². The van der Waals surface area contributed by atoms with Crippen molar-refractivity contribution in [3.63, 3.8) is 0 Å². The molecule has 3 aromatic rings. The molecule has 8 heteroatoms. The number of ether oxygens (including phenoxy) is 1. The number of fused-ring (bicyclic) bond motifs is 1. The summed E-state index contributed by atoms with van der Waals surface area (Å²) in [6.07, 6.45) is -4.39. The molecule has 0 unspecified atom stereocenters. The minimum Gasteiger partial charge on any atom is -0.444 e. The molecule has 3 aromatic carbocycles. The second-order valence-electron chi connectivity index (χ2n) is 9.71. The maximum Gasteiger partial charge on any atom is 0.416 e. The Hall–Kier alpha value is -3.81. The van der Waals surface area contributed by atoms with Gasteiger partial charge in [0.25, 0.3) is 5.91 Å². The largest absolute Gasteiger partial charge is 0.444 e. The predicted octanol–water partition coefficient (Wildman–Crippen LogP) is 6.92. The van der Waals surface area contributed by atoms with Gasteiger partial charge in [-0.05, 0) is 73.7 Å². The van der Waals surface area contributed by atoms with E-state index in [2.05, 4.69) is 5.32 Å². The van der Waals surface area contributed by atoms with Crippen LogP contribution in [0.2, 0.25) is 0 Å². The quantitative estimate of drug-likeness (QED) is 0.428. The highest BCUT2D eigenvalue weighted by Crippen LogP contribution is 2.34. The molecular weight excluding hydrogens is 469 g/mol. The molecule has 0 spiro atoms. The fraction of sp³-hybridized carbons (Fsp3) is 0.286. The Balaban J connectivity index is 1.57. The molecule has 0 saturated heterocycles. The first-order valence-corrected chi connectivity index (χ1v) is 11.6. The minimum atomic E-state index is -4.57. The van der Waals surface area contributed by atoms with Crippen LogP contribution < -0.4 is 5.32 Å². The lowest BCUT2D eigenvalue weighted by atomic mass is 9.96. The van der Waals surface area contributed by atoms with Crippen LogP contribution in [0, 0.1) is 0 Å². The van der Waals surface area contributed by atoms with Gasteiger partial charge in [-0.25, -0.2) is 4.79 Å². The summed E-state index contributed by atoms with van der Waals surface area (Å²) in [5, 5.41) is 2.75. The average Bonchev–Trinajstić information content (AvgIpc) is 2.82. The number of hydrogen-bond acceptors (Lipinski definition) is 3. The topological polar surface area (TPSA) is 58.6 Å². The Morgan fingerprint density at radius 3 is 2.31 bits per heavy atom. The number of benzene rings is 3. The number of halogens is 3. The van der Waals surface area contributed by atoms with E-state index in [1.54, 1.807) is 47.4 Å². The van der Waals surface area contributed by atoms with Crippen LogP contribution in [0.15, 0.2) is 66.7 Å². The molecule has 0 radical (unpaired) electrons. The Bertz CT molecular complexity index is 1280. The molecule has 1 aliphatic heterocycles. The molecule has 0 atom stereocenters. The number of hydrogen-bond donors (Lipinski definition) is 1. The Kier molecular flexibility index (Phi) is 6.80. The minimum absolute atomic E-state index is 0.0650. The summed E-state index contributed by atoms with van der Waals surface area (Å²) >= 11 is 0. The van der Waals surface area contributed by atoms with Gasteiger partial charge in [0.15, 0.2) is 0 Å². The molecule has 1 N–H and O–H groups in total. The van der Waals surface area contributed by atoms with E-state index < -0.39 is 23.2 Å². The molecule has 0 saturated carbocycles. The monoisotopic (exact) mass is 496 g/mol. The zero-order chi connectivity index (χ0) is 26.1. The van der Waals surface area contributed by atoms with Crippen molar-refractivity contribution in [2.75, 3.05) is 11.9 Å². The van der Waals surface area contributed by atoms with Crippen molar-refractivity contribution in [3.8, 4) is 11.1 Å². The van der Waals surface area contributed by atoms with Crippen molar-refractivity contribution in [3.05, 3.63) is 89.0 Å². The van der Waals surface area contributed by atoms with Crippen molar-refractivity contribution >= 4 is 17.7 Å². The molecular formula is C28H27F3N2O3. The molecule has 1 heterocycles. The SMILES string of the molecule is CC(C)(C)OC(=O)N1CCc2cc(NC(=O)c3cc(C(F)(F)F)ccc3-c3ccccc3)ccc2C1. The highest BCUT2D eigenvalue weighted by molar-refractivity contribution is 6.09. The molecule has 2 amide bonds. The molecule has 188 valence electrons. The van der Waals surface area contributed by atoms with Crippen molar-refractivity contribution < 1.29 is 27.5 Å². The van der Waals surface area contributed by atoms with Gasteiger partial charge in [-0.3, -0.25) is 4.79 Å². The number of alkyl halides is 3. The van der Waals surface area contributed by atoms with Gasteiger partial charge in [-0.2, -0.15) is 13.2 Å². The molecule has 0 aromatic heterocycles. The number of carbonyl (C=O) groups excluding carboxylic acids is 2. The number of amides is 2. The number of anilines is 1. The van der Waals surface area contributed by atoms with E-state index in [-0.39, 0.29) is 11.7 Å². The van der Waals surface area contributed by atoms with Gasteiger partial charge in [0.2, 0.25) is 0 Å². The molecule has 1 aliphatic rings. The van der Waals surface area contributed by atoms with Crippen LogP contribution in [-0.4, -0.2) is 29.0 Å². The lowest BCUT2D eigenvalue weighted by molar-refractivity contribution is -0.137. The normalized spacial score (nSPS) is 13.7. The fourth-order valence-electron chi connectivity index (χ4n) is 4.09. The van der Waals surface area contributed by atoms with Crippen molar-refractivity contribution in [2.24, 2.45) is 0 Å². The second-order valence-corrected chi connectivity index (χ2v) is 9.71. The lowest BCUT2D eigenvalue weighted by Gasteiger charge is -2.31. The van der Waals surface area contributed by atoms with Crippen LogP contribution in [0.25, 0.3) is 11.1 Å². The van der Waals surface area contributed by atoms with E-state index in [4.69, 9.17) is 4.74 Å². The lowest BCUT2D eigenvalue weighted by Crippen LogP contribution is -2.39. The van der Waals surface area contributed by atoms with E-state index in [1.165, 1.54) is 6.07 Å². The van der Waals surface area contributed by atoms with E-state index >= 15 is 0 Å². The fourth-order valence-corrected chi connectivity index (χ4v) is 4.09. The average molecular weight is 497 g/mol. The van der Waals surface area contributed by atoms with Crippen molar-refractivity contribution in [1.29, 1.82) is 0 Å². The molecule has 0 aliphatic carbocycles. The van der Waals surface area contributed by atoms with E-state index in [9.17, 15) is 22.8 Å². The molecule has 36 heavy (non-hydrogen) atoms. The summed E-state index contributed by atoms with van der Waals surface area (Å²) in [6.45, 7) is 6.28. The number of nitrogens with zero attached hydrogens (tertiary/aromatic N) is 1. The van der Waals surface area contributed by atoms with Gasteiger partial charge in [0.1, 0.15) is 5.60 Å². The van der Waals surface area contributed by atoms with E-state index in [1.807, 2.05) is 26.8 Å². The third-order valence-electron chi connectivity index (χ3n) is 5.80. The Morgan fingerprint density at radius 1 is 0.917 bits per heavy atom. The molecule has 0 fully saturated rings. The van der Waals surface area contributed by atoms with Crippen LogP contribution in [0.5, 0.6) is 0 Å². The number of rotatable bonds is 3. The van der Waals surface area contributed by atoms with Crippen molar-refractivity contribution in [1.82, 2.24) is 4.90 Å². The zero-order valence-electron chi connectivity index (χ0n) is 20.3. The highest BCUT2D eigenvalue weighted by atomic mass is 19.4. The van der Waals surface area contributed by atoms with Crippen molar-refractivity contribution in [2.45, 2.75) is 45.5 Å².